The number of ether oxygens (including phenoxy) is 3. The molecule has 1 atom stereocenters. The van der Waals surface area contributed by atoms with Gasteiger partial charge < -0.3 is 30.0 Å². The molecule has 1 aromatic rings. The zero-order chi connectivity index (χ0) is 14.4. The lowest BCUT2D eigenvalue weighted by Gasteiger charge is -2.24. The van der Waals surface area contributed by atoms with Crippen LogP contribution in [0.25, 0.3) is 0 Å². The predicted octanol–water partition coefficient (Wildman–Crippen LogP) is 0.730. The standard InChI is InChI=1S/C13H22N2O4/c1-15(7-9(16)8-17-2)11-6-13(19-4)12(18-3)5-10(11)14/h5-6,9,16H,7-8,14H2,1-4H3. The molecule has 1 rings (SSSR count). The Balaban J connectivity index is 2.93. The van der Waals surface area contributed by atoms with Gasteiger partial charge in [-0.1, -0.05) is 0 Å². The van der Waals surface area contributed by atoms with Crippen LogP contribution in [0.4, 0.5) is 11.4 Å². The summed E-state index contributed by atoms with van der Waals surface area (Å²) in [6.07, 6.45) is -0.581. The molecule has 0 saturated heterocycles. The van der Waals surface area contributed by atoms with Gasteiger partial charge in [-0.25, -0.2) is 0 Å². The zero-order valence-electron chi connectivity index (χ0n) is 11.8. The van der Waals surface area contributed by atoms with Crippen molar-refractivity contribution in [2.24, 2.45) is 0 Å². The monoisotopic (exact) mass is 270 g/mol. The fraction of sp³-hybridized carbons (Fsp3) is 0.538. The average Bonchev–Trinajstić information content (AvgIpc) is 2.38. The van der Waals surface area contributed by atoms with Crippen LogP contribution in [0.15, 0.2) is 12.1 Å². The number of nitrogens with zero attached hydrogens (tertiary/aromatic N) is 1. The molecule has 1 unspecified atom stereocenters. The van der Waals surface area contributed by atoms with E-state index in [1.807, 2.05) is 11.9 Å². The molecule has 1 aromatic carbocycles. The summed E-state index contributed by atoms with van der Waals surface area (Å²) in [5, 5.41) is 9.74. The number of likely N-dealkylation sites (N-methyl/N-ethyl adjacent to an activating group) is 1. The van der Waals surface area contributed by atoms with Gasteiger partial charge in [-0.3, -0.25) is 0 Å². The average molecular weight is 270 g/mol. The van der Waals surface area contributed by atoms with Crippen molar-refractivity contribution in [3.63, 3.8) is 0 Å². The summed E-state index contributed by atoms with van der Waals surface area (Å²) >= 11 is 0. The minimum atomic E-state index is -0.581. The first-order chi connectivity index (χ1) is 9.03. The molecule has 0 aliphatic heterocycles. The summed E-state index contributed by atoms with van der Waals surface area (Å²) in [6.45, 7) is 0.686. The molecule has 0 aliphatic rings. The van der Waals surface area contributed by atoms with E-state index in [0.717, 1.165) is 5.69 Å². The highest BCUT2D eigenvalue weighted by Crippen LogP contribution is 2.36. The van der Waals surface area contributed by atoms with E-state index in [2.05, 4.69) is 0 Å². The maximum atomic E-state index is 9.74. The molecule has 0 amide bonds. The van der Waals surface area contributed by atoms with Gasteiger partial charge in [-0.2, -0.15) is 0 Å². The largest absolute Gasteiger partial charge is 0.493 e. The molecular formula is C13H22N2O4. The van der Waals surface area contributed by atoms with E-state index in [9.17, 15) is 5.11 Å². The van der Waals surface area contributed by atoms with Crippen molar-refractivity contribution in [1.29, 1.82) is 0 Å². The van der Waals surface area contributed by atoms with Crippen molar-refractivity contribution in [3.05, 3.63) is 12.1 Å². The predicted molar refractivity (Wildman–Crippen MR) is 75.1 cm³/mol. The van der Waals surface area contributed by atoms with E-state index in [-0.39, 0.29) is 6.61 Å². The maximum Gasteiger partial charge on any atom is 0.162 e. The van der Waals surface area contributed by atoms with Crippen LogP contribution in [-0.4, -0.2) is 52.7 Å². The second-order valence-electron chi connectivity index (χ2n) is 4.26. The van der Waals surface area contributed by atoms with Crippen molar-refractivity contribution in [1.82, 2.24) is 0 Å². The van der Waals surface area contributed by atoms with Crippen molar-refractivity contribution < 1.29 is 19.3 Å². The van der Waals surface area contributed by atoms with E-state index in [1.54, 1.807) is 33.5 Å². The fourth-order valence-electron chi connectivity index (χ4n) is 1.87. The molecule has 0 aliphatic carbocycles. The first-order valence-corrected chi connectivity index (χ1v) is 5.93. The van der Waals surface area contributed by atoms with Gasteiger partial charge in [0.2, 0.25) is 0 Å². The van der Waals surface area contributed by atoms with Crippen molar-refractivity contribution in [3.8, 4) is 11.5 Å². The van der Waals surface area contributed by atoms with Crippen LogP contribution < -0.4 is 20.1 Å². The molecule has 0 bridgehead atoms. The Morgan fingerprint density at radius 2 is 1.79 bits per heavy atom. The number of aliphatic hydroxyl groups is 1. The number of anilines is 2. The zero-order valence-corrected chi connectivity index (χ0v) is 11.8. The van der Waals surface area contributed by atoms with Crippen LogP contribution in [0, 0.1) is 0 Å². The van der Waals surface area contributed by atoms with Crippen LogP contribution in [0.2, 0.25) is 0 Å². The third kappa shape index (κ3) is 3.90. The van der Waals surface area contributed by atoms with E-state index in [0.29, 0.717) is 23.7 Å². The van der Waals surface area contributed by atoms with Crippen LogP contribution in [-0.2, 0) is 4.74 Å². The molecule has 0 fully saturated rings. The molecule has 108 valence electrons. The van der Waals surface area contributed by atoms with Crippen LogP contribution in [0.1, 0.15) is 0 Å². The first kappa shape index (κ1) is 15.4. The van der Waals surface area contributed by atoms with Gasteiger partial charge in [-0.05, 0) is 0 Å². The molecule has 6 heteroatoms. The number of nitrogens with two attached hydrogens (primary N) is 1. The normalized spacial score (nSPS) is 12.1. The Labute approximate surface area is 113 Å². The SMILES string of the molecule is COCC(O)CN(C)c1cc(OC)c(OC)cc1N. The summed E-state index contributed by atoms with van der Waals surface area (Å²) in [5.74, 6) is 1.18. The minimum absolute atomic E-state index is 0.275. The van der Waals surface area contributed by atoms with E-state index in [1.165, 1.54) is 0 Å². The highest BCUT2D eigenvalue weighted by atomic mass is 16.5. The summed E-state index contributed by atoms with van der Waals surface area (Å²) in [5.41, 5.74) is 7.31. The Kier molecular flexibility index (Phi) is 5.72. The van der Waals surface area contributed by atoms with Gasteiger partial charge in [0.15, 0.2) is 11.5 Å². The summed E-state index contributed by atoms with van der Waals surface area (Å²) in [7, 11) is 6.52. The van der Waals surface area contributed by atoms with Gasteiger partial charge in [0.1, 0.15) is 0 Å². The summed E-state index contributed by atoms with van der Waals surface area (Å²) in [6, 6.07) is 3.49. The molecular weight excluding hydrogens is 248 g/mol. The van der Waals surface area contributed by atoms with E-state index in [4.69, 9.17) is 19.9 Å². The van der Waals surface area contributed by atoms with Gasteiger partial charge in [0, 0.05) is 32.8 Å². The topological polar surface area (TPSA) is 77.2 Å². The molecule has 3 N–H and O–H groups in total. The minimum Gasteiger partial charge on any atom is -0.493 e. The Bertz CT molecular complexity index is 412. The lowest BCUT2D eigenvalue weighted by Crippen LogP contribution is -2.32. The number of hydrogen-bond acceptors (Lipinski definition) is 6. The molecule has 0 spiro atoms. The quantitative estimate of drug-likeness (QED) is 0.711. The summed E-state index contributed by atoms with van der Waals surface area (Å²) < 4.78 is 15.3. The summed E-state index contributed by atoms with van der Waals surface area (Å²) in [4.78, 5) is 1.85. The van der Waals surface area contributed by atoms with Crippen molar-refractivity contribution >= 4 is 11.4 Å². The van der Waals surface area contributed by atoms with E-state index >= 15 is 0 Å². The van der Waals surface area contributed by atoms with Gasteiger partial charge in [0.25, 0.3) is 0 Å². The van der Waals surface area contributed by atoms with Crippen molar-refractivity contribution in [2.45, 2.75) is 6.10 Å². The number of rotatable bonds is 7. The molecule has 6 nitrogen and oxygen atoms in total. The van der Waals surface area contributed by atoms with Crippen LogP contribution in [0.3, 0.4) is 0 Å². The number of hydrogen-bond donors (Lipinski definition) is 2. The van der Waals surface area contributed by atoms with Crippen molar-refractivity contribution in [2.75, 3.05) is 52.2 Å². The molecule has 0 saturated carbocycles. The van der Waals surface area contributed by atoms with Crippen LogP contribution >= 0.6 is 0 Å². The first-order valence-electron chi connectivity index (χ1n) is 5.93. The lowest BCUT2D eigenvalue weighted by molar-refractivity contribution is 0.0695. The van der Waals surface area contributed by atoms with Gasteiger partial charge in [0.05, 0.1) is 38.3 Å². The number of methoxy groups -OCH3 is 3. The highest BCUT2D eigenvalue weighted by molar-refractivity contribution is 5.73. The third-order valence-corrected chi connectivity index (χ3v) is 2.79. The van der Waals surface area contributed by atoms with Gasteiger partial charge in [-0.15, -0.1) is 0 Å². The van der Waals surface area contributed by atoms with E-state index < -0.39 is 6.10 Å². The Hall–Kier alpha value is -1.66. The Morgan fingerprint density at radius 1 is 1.21 bits per heavy atom. The van der Waals surface area contributed by atoms with Crippen LogP contribution in [0.5, 0.6) is 11.5 Å². The Morgan fingerprint density at radius 3 is 2.32 bits per heavy atom. The highest BCUT2D eigenvalue weighted by Gasteiger charge is 2.15. The second-order valence-corrected chi connectivity index (χ2v) is 4.26. The van der Waals surface area contributed by atoms with Gasteiger partial charge >= 0.3 is 0 Å². The lowest BCUT2D eigenvalue weighted by atomic mass is 10.2. The maximum absolute atomic E-state index is 9.74. The number of nitrogen functional groups attached to an aromatic ring is 1. The second kappa shape index (κ2) is 7.06. The number of aliphatic hydroxyl groups excluding tert-OH is 1. The smallest absolute Gasteiger partial charge is 0.162 e. The molecule has 0 radical (unpaired) electrons. The fourth-order valence-corrected chi connectivity index (χ4v) is 1.87. The molecule has 0 aromatic heterocycles. The third-order valence-electron chi connectivity index (χ3n) is 2.79. The molecule has 0 heterocycles. The number of benzene rings is 1. The molecule has 19 heavy (non-hydrogen) atoms.